The van der Waals surface area contributed by atoms with Crippen molar-refractivity contribution in [3.63, 3.8) is 0 Å². The molecule has 0 fully saturated rings. The molecule has 1 aliphatic rings. The Kier molecular flexibility index (Phi) is 6.00. The van der Waals surface area contributed by atoms with Gasteiger partial charge in [0.15, 0.2) is 23.1 Å². The molecule has 0 saturated heterocycles. The molecule has 0 heterocycles. The number of carbonyl (C=O) groups is 2. The van der Waals surface area contributed by atoms with E-state index in [1.54, 1.807) is 54.6 Å². The Bertz CT molecular complexity index is 1160. The first-order valence-electron chi connectivity index (χ1n) is 9.71. The summed E-state index contributed by atoms with van der Waals surface area (Å²) in [6.45, 7) is 2.50. The Morgan fingerprint density at radius 1 is 0.903 bits per heavy atom. The highest BCUT2D eigenvalue weighted by molar-refractivity contribution is 9.10. The van der Waals surface area contributed by atoms with E-state index in [0.29, 0.717) is 39.3 Å². The molecule has 0 amide bonds. The highest BCUT2D eigenvalue weighted by Gasteiger charge is 2.32. The lowest BCUT2D eigenvalue weighted by Crippen LogP contribution is -2.02. The standard InChI is InChI=1S/C25H18BrFO4/c1-2-30-22-12-16(11-20-24(28)18-5-3-4-6-19(18)25(20)29)21(26)13-23(22)31-14-15-7-9-17(27)10-8-15/h3-13H,2,14H2,1H3. The molecule has 31 heavy (non-hydrogen) atoms. The first-order chi connectivity index (χ1) is 15.0. The smallest absolute Gasteiger partial charge is 0.197 e. The number of ether oxygens (including phenoxy) is 2. The third-order valence-electron chi connectivity index (χ3n) is 4.88. The number of halogens is 2. The second-order valence-corrected chi connectivity index (χ2v) is 7.78. The highest BCUT2D eigenvalue weighted by Crippen LogP contribution is 2.37. The Labute approximate surface area is 187 Å². The van der Waals surface area contributed by atoms with Gasteiger partial charge < -0.3 is 9.47 Å². The fourth-order valence-electron chi connectivity index (χ4n) is 3.34. The predicted octanol–water partition coefficient (Wildman–Crippen LogP) is 6.03. The zero-order chi connectivity index (χ0) is 22.0. The lowest BCUT2D eigenvalue weighted by atomic mass is 10.1. The number of carbonyl (C=O) groups excluding carboxylic acids is 2. The fraction of sp³-hybridized carbons (Fsp3) is 0.120. The van der Waals surface area contributed by atoms with Gasteiger partial charge in [-0.2, -0.15) is 0 Å². The summed E-state index contributed by atoms with van der Waals surface area (Å²) in [6.07, 6.45) is 1.57. The second kappa shape index (κ2) is 8.86. The van der Waals surface area contributed by atoms with Crippen molar-refractivity contribution in [2.75, 3.05) is 6.61 Å². The van der Waals surface area contributed by atoms with Crippen LogP contribution in [0, 0.1) is 5.82 Å². The molecule has 0 N–H and O–H groups in total. The molecule has 3 aromatic carbocycles. The SMILES string of the molecule is CCOc1cc(C=C2C(=O)c3ccccc3C2=O)c(Br)cc1OCc1ccc(F)cc1. The van der Waals surface area contributed by atoms with Gasteiger partial charge in [-0.1, -0.05) is 52.3 Å². The first-order valence-corrected chi connectivity index (χ1v) is 10.5. The van der Waals surface area contributed by atoms with Gasteiger partial charge in [0.25, 0.3) is 0 Å². The van der Waals surface area contributed by atoms with Crippen molar-refractivity contribution in [3.8, 4) is 11.5 Å². The maximum Gasteiger partial charge on any atom is 0.197 e. The van der Waals surface area contributed by atoms with E-state index in [4.69, 9.17) is 9.47 Å². The van der Waals surface area contributed by atoms with Crippen molar-refractivity contribution in [2.24, 2.45) is 0 Å². The minimum absolute atomic E-state index is 0.115. The van der Waals surface area contributed by atoms with Crippen molar-refractivity contribution < 1.29 is 23.5 Å². The number of fused-ring (bicyclic) bond motifs is 1. The van der Waals surface area contributed by atoms with Crippen LogP contribution in [0.2, 0.25) is 0 Å². The number of rotatable bonds is 6. The van der Waals surface area contributed by atoms with Gasteiger partial charge in [0.1, 0.15) is 12.4 Å². The van der Waals surface area contributed by atoms with Crippen LogP contribution in [-0.2, 0) is 6.61 Å². The van der Waals surface area contributed by atoms with Crippen LogP contribution in [0.1, 0.15) is 38.8 Å². The summed E-state index contributed by atoms with van der Waals surface area (Å²) in [6, 6.07) is 16.3. The van der Waals surface area contributed by atoms with Crippen LogP contribution in [0.5, 0.6) is 11.5 Å². The van der Waals surface area contributed by atoms with E-state index < -0.39 is 0 Å². The summed E-state index contributed by atoms with van der Waals surface area (Å²) < 4.78 is 25.3. The number of Topliss-reactive ketones (excluding diaryl/α,β-unsaturated/α-hetero) is 2. The molecular formula is C25H18BrFO4. The molecule has 4 rings (SSSR count). The van der Waals surface area contributed by atoms with Gasteiger partial charge in [0.2, 0.25) is 0 Å². The number of hydrogen-bond donors (Lipinski definition) is 0. The van der Waals surface area contributed by atoms with E-state index in [1.165, 1.54) is 12.1 Å². The van der Waals surface area contributed by atoms with Gasteiger partial charge in [-0.25, -0.2) is 4.39 Å². The summed E-state index contributed by atoms with van der Waals surface area (Å²) in [7, 11) is 0. The van der Waals surface area contributed by atoms with E-state index in [0.717, 1.165) is 5.56 Å². The van der Waals surface area contributed by atoms with Crippen molar-refractivity contribution in [2.45, 2.75) is 13.5 Å². The molecule has 1 aliphatic carbocycles. The molecule has 0 atom stereocenters. The molecule has 0 spiro atoms. The molecule has 0 unspecified atom stereocenters. The van der Waals surface area contributed by atoms with E-state index in [1.807, 2.05) is 6.92 Å². The van der Waals surface area contributed by atoms with Crippen LogP contribution in [0.25, 0.3) is 6.08 Å². The molecular weight excluding hydrogens is 463 g/mol. The topological polar surface area (TPSA) is 52.6 Å². The van der Waals surface area contributed by atoms with Gasteiger partial charge in [-0.05, 0) is 48.4 Å². The quantitative estimate of drug-likeness (QED) is 0.319. The normalized spacial score (nSPS) is 12.7. The van der Waals surface area contributed by atoms with Crippen LogP contribution < -0.4 is 9.47 Å². The van der Waals surface area contributed by atoms with Gasteiger partial charge in [0.05, 0.1) is 12.2 Å². The van der Waals surface area contributed by atoms with Crippen LogP contribution >= 0.6 is 15.9 Å². The van der Waals surface area contributed by atoms with E-state index in [9.17, 15) is 14.0 Å². The third-order valence-corrected chi connectivity index (χ3v) is 5.56. The average Bonchev–Trinajstić information content (AvgIpc) is 3.01. The minimum Gasteiger partial charge on any atom is -0.490 e. The van der Waals surface area contributed by atoms with Crippen molar-refractivity contribution in [1.29, 1.82) is 0 Å². The maximum atomic E-state index is 13.1. The number of ketones is 2. The molecule has 0 saturated carbocycles. The molecule has 156 valence electrons. The van der Waals surface area contributed by atoms with Gasteiger partial charge in [0, 0.05) is 15.6 Å². The van der Waals surface area contributed by atoms with Gasteiger partial charge in [-0.3, -0.25) is 9.59 Å². The van der Waals surface area contributed by atoms with Crippen LogP contribution in [0.3, 0.4) is 0 Å². The summed E-state index contributed by atoms with van der Waals surface area (Å²) in [4.78, 5) is 25.4. The largest absolute Gasteiger partial charge is 0.490 e. The summed E-state index contributed by atoms with van der Waals surface area (Å²) in [5.74, 6) is 0.0869. The number of hydrogen-bond acceptors (Lipinski definition) is 4. The molecule has 0 aliphatic heterocycles. The van der Waals surface area contributed by atoms with Gasteiger partial charge in [-0.15, -0.1) is 0 Å². The van der Waals surface area contributed by atoms with Crippen molar-refractivity contribution in [1.82, 2.24) is 0 Å². The van der Waals surface area contributed by atoms with Crippen molar-refractivity contribution in [3.05, 3.63) is 98.8 Å². The van der Waals surface area contributed by atoms with Crippen molar-refractivity contribution >= 4 is 33.6 Å². The number of allylic oxidation sites excluding steroid dienone is 1. The summed E-state index contributed by atoms with van der Waals surface area (Å²) in [5.41, 5.74) is 2.39. The molecule has 0 aromatic heterocycles. The average molecular weight is 481 g/mol. The fourth-order valence-corrected chi connectivity index (χ4v) is 3.78. The Morgan fingerprint density at radius 3 is 2.13 bits per heavy atom. The number of benzene rings is 3. The maximum absolute atomic E-state index is 13.1. The predicted molar refractivity (Wildman–Crippen MR) is 119 cm³/mol. The molecule has 4 nitrogen and oxygen atoms in total. The second-order valence-electron chi connectivity index (χ2n) is 6.93. The zero-order valence-corrected chi connectivity index (χ0v) is 18.2. The molecule has 0 radical (unpaired) electrons. The van der Waals surface area contributed by atoms with Crippen LogP contribution in [0.15, 0.2) is 70.7 Å². The lowest BCUT2D eigenvalue weighted by molar-refractivity contribution is 0.0990. The summed E-state index contributed by atoms with van der Waals surface area (Å²) in [5, 5.41) is 0. The third kappa shape index (κ3) is 4.30. The lowest BCUT2D eigenvalue weighted by Gasteiger charge is -2.14. The van der Waals surface area contributed by atoms with E-state index in [-0.39, 0.29) is 29.6 Å². The minimum atomic E-state index is -0.308. The highest BCUT2D eigenvalue weighted by atomic mass is 79.9. The van der Waals surface area contributed by atoms with Gasteiger partial charge >= 0.3 is 0 Å². The van der Waals surface area contributed by atoms with Crippen LogP contribution in [0.4, 0.5) is 4.39 Å². The zero-order valence-electron chi connectivity index (χ0n) is 16.7. The molecule has 0 bridgehead atoms. The van der Waals surface area contributed by atoms with Crippen LogP contribution in [-0.4, -0.2) is 18.2 Å². The molecule has 6 heteroatoms. The van der Waals surface area contributed by atoms with E-state index >= 15 is 0 Å². The molecule has 3 aromatic rings. The van der Waals surface area contributed by atoms with E-state index in [2.05, 4.69) is 15.9 Å². The Morgan fingerprint density at radius 2 is 1.52 bits per heavy atom. The Hall–Kier alpha value is -3.25. The summed E-state index contributed by atoms with van der Waals surface area (Å²) >= 11 is 3.50. The Balaban J connectivity index is 1.64. The first kappa shape index (κ1) is 21.0. The monoisotopic (exact) mass is 480 g/mol.